The number of carbonyl (C=O) groups excluding carboxylic acids is 2. The molecule has 0 saturated carbocycles. The summed E-state index contributed by atoms with van der Waals surface area (Å²) in [6, 6.07) is 30.9. The maximum absolute atomic E-state index is 14.2. The van der Waals surface area contributed by atoms with E-state index in [-0.39, 0.29) is 30.4 Å². The minimum atomic E-state index is -3.91. The van der Waals surface area contributed by atoms with Crippen LogP contribution in [0.4, 0.5) is 16.2 Å². The number of nitrogen functional groups attached to an aromatic ring is 1. The third-order valence-corrected chi connectivity index (χ3v) is 10.7. The van der Waals surface area contributed by atoms with E-state index in [1.54, 1.807) is 24.3 Å². The highest BCUT2D eigenvalue weighted by atomic mass is 32.2. The molecule has 0 aromatic heterocycles. The zero-order valence-corrected chi connectivity index (χ0v) is 29.7. The van der Waals surface area contributed by atoms with Crippen LogP contribution in [0, 0.1) is 5.92 Å². The highest BCUT2D eigenvalue weighted by Crippen LogP contribution is 2.31. The molecule has 0 aliphatic carbocycles. The van der Waals surface area contributed by atoms with Gasteiger partial charge < -0.3 is 26.2 Å². The van der Waals surface area contributed by atoms with Crippen molar-refractivity contribution in [1.82, 2.24) is 9.62 Å². The number of aryl methyl sites for hydroxylation is 1. The average Bonchev–Trinajstić information content (AvgIpc) is 3.11. The lowest BCUT2D eigenvalue weighted by Crippen LogP contribution is -2.48. The Bertz CT molecular complexity index is 1730. The number of nitrogens with two attached hydrogens (primary N) is 1. The number of carbonyl (C=O) groups is 2. The van der Waals surface area contributed by atoms with Crippen LogP contribution in [0.1, 0.15) is 55.7 Å². The van der Waals surface area contributed by atoms with Crippen LogP contribution < -0.4 is 16.4 Å². The maximum atomic E-state index is 14.2. The summed E-state index contributed by atoms with van der Waals surface area (Å²) in [5, 5.41) is 15.9. The number of anilines is 2. The molecule has 4 aromatic carbocycles. The Hall–Kier alpha value is -4.71. The number of hydrogen-bond acceptors (Lipinski definition) is 7. The molecular formula is C39H48N4O6S. The van der Waals surface area contributed by atoms with Crippen LogP contribution in [0.25, 0.3) is 0 Å². The fraction of sp³-hybridized carbons (Fsp3) is 0.333. The second-order valence-corrected chi connectivity index (χ2v) is 14.5. The van der Waals surface area contributed by atoms with Crippen LogP contribution in [0.2, 0.25) is 0 Å². The number of ether oxygens (including phenoxy) is 1. The maximum Gasteiger partial charge on any atom is 0.407 e. The molecule has 2 unspecified atom stereocenters. The number of aliphatic hydroxyl groups is 1. The normalized spacial score (nSPS) is 12.9. The molecule has 4 aromatic rings. The summed E-state index contributed by atoms with van der Waals surface area (Å²) in [5.74, 6) is -0.727. The van der Waals surface area contributed by atoms with Crippen molar-refractivity contribution in [3.05, 3.63) is 126 Å². The van der Waals surface area contributed by atoms with E-state index in [0.717, 1.165) is 16.7 Å². The Morgan fingerprint density at radius 2 is 1.40 bits per heavy atom. The molecule has 266 valence electrons. The summed E-state index contributed by atoms with van der Waals surface area (Å²) in [6.45, 7) is 4.17. The van der Waals surface area contributed by atoms with Crippen molar-refractivity contribution in [1.29, 1.82) is 0 Å². The van der Waals surface area contributed by atoms with Gasteiger partial charge in [0.15, 0.2) is 0 Å². The zero-order valence-electron chi connectivity index (χ0n) is 28.9. The van der Waals surface area contributed by atoms with Crippen molar-refractivity contribution in [2.45, 2.75) is 62.4 Å². The van der Waals surface area contributed by atoms with E-state index in [1.165, 1.54) is 23.5 Å². The molecule has 0 fully saturated rings. The van der Waals surface area contributed by atoms with Gasteiger partial charge in [0.2, 0.25) is 15.9 Å². The topological polar surface area (TPSA) is 151 Å². The molecule has 0 spiro atoms. The quantitative estimate of drug-likeness (QED) is 0.0960. The number of hydrogen-bond donors (Lipinski definition) is 4. The molecule has 0 radical (unpaired) electrons. The predicted molar refractivity (Wildman–Crippen MR) is 197 cm³/mol. The molecule has 0 heterocycles. The zero-order chi connectivity index (χ0) is 36.1. The van der Waals surface area contributed by atoms with E-state index in [4.69, 9.17) is 10.5 Å². The number of nitrogens with one attached hydrogen (secondary N) is 2. The molecule has 10 nitrogen and oxygen atoms in total. The summed E-state index contributed by atoms with van der Waals surface area (Å²) >= 11 is 0. The second-order valence-electron chi connectivity index (χ2n) is 12.6. The van der Waals surface area contributed by atoms with Gasteiger partial charge in [-0.15, -0.1) is 0 Å². The van der Waals surface area contributed by atoms with Gasteiger partial charge in [0.1, 0.15) is 6.04 Å². The average molecular weight is 701 g/mol. The van der Waals surface area contributed by atoms with Gasteiger partial charge in [0, 0.05) is 36.5 Å². The van der Waals surface area contributed by atoms with Crippen molar-refractivity contribution in [3.63, 3.8) is 0 Å². The van der Waals surface area contributed by atoms with E-state index >= 15 is 0 Å². The molecule has 50 heavy (non-hydrogen) atoms. The number of nitrogens with zero attached hydrogens (tertiary/aromatic N) is 1. The first-order valence-corrected chi connectivity index (χ1v) is 18.3. The molecule has 2 amide bonds. The van der Waals surface area contributed by atoms with Gasteiger partial charge in [-0.05, 0) is 78.6 Å². The Labute approximate surface area is 295 Å². The van der Waals surface area contributed by atoms with Crippen molar-refractivity contribution in [3.8, 4) is 0 Å². The van der Waals surface area contributed by atoms with Gasteiger partial charge >= 0.3 is 6.09 Å². The summed E-state index contributed by atoms with van der Waals surface area (Å²) in [5.41, 5.74) is 9.29. The Kier molecular flexibility index (Phi) is 14.0. The van der Waals surface area contributed by atoms with Gasteiger partial charge in [0.05, 0.1) is 12.0 Å². The van der Waals surface area contributed by atoms with Crippen LogP contribution >= 0.6 is 0 Å². The second kappa shape index (κ2) is 18.3. The molecule has 0 bridgehead atoms. The van der Waals surface area contributed by atoms with Crippen molar-refractivity contribution in [2.24, 2.45) is 5.92 Å². The number of para-hydroxylation sites is 1. The minimum Gasteiger partial charge on any atom is -0.453 e. The lowest BCUT2D eigenvalue weighted by atomic mass is 9.84. The van der Waals surface area contributed by atoms with Gasteiger partial charge in [-0.25, -0.2) is 13.2 Å². The summed E-state index contributed by atoms with van der Waals surface area (Å²) < 4.78 is 34.4. The molecule has 0 saturated heterocycles. The lowest BCUT2D eigenvalue weighted by Gasteiger charge is -2.32. The predicted octanol–water partition coefficient (Wildman–Crippen LogP) is 6.18. The first-order valence-electron chi connectivity index (χ1n) is 16.9. The number of alkyl carbamates (subject to hydrolysis) is 1. The first-order chi connectivity index (χ1) is 24.0. The summed E-state index contributed by atoms with van der Waals surface area (Å²) in [7, 11) is -2.66. The molecule has 2 atom stereocenters. The van der Waals surface area contributed by atoms with Gasteiger partial charge in [-0.3, -0.25) is 4.79 Å². The third kappa shape index (κ3) is 10.2. The highest BCUT2D eigenvalue weighted by Gasteiger charge is 2.34. The number of methoxy groups -OCH3 is 1. The Balaban J connectivity index is 1.64. The van der Waals surface area contributed by atoms with E-state index in [1.807, 2.05) is 86.6 Å². The fourth-order valence-corrected chi connectivity index (χ4v) is 7.72. The number of amides is 2. The Morgan fingerprint density at radius 1 is 0.820 bits per heavy atom. The van der Waals surface area contributed by atoms with Gasteiger partial charge in [-0.2, -0.15) is 4.31 Å². The van der Waals surface area contributed by atoms with E-state index < -0.39 is 40.0 Å². The minimum absolute atomic E-state index is 0.140. The SMILES string of the molecule is COC(=O)NC(C(=O)Nc1ccccc1CCC(CCO)N(CCC(C)C)S(=O)(=O)c1ccc(N)cc1)C(c1ccccc1)c1ccccc1. The molecule has 0 aliphatic heterocycles. The van der Waals surface area contributed by atoms with Crippen LogP contribution in [0.5, 0.6) is 0 Å². The number of aliphatic hydroxyl groups excluding tert-OH is 1. The molecule has 5 N–H and O–H groups in total. The summed E-state index contributed by atoms with van der Waals surface area (Å²) in [4.78, 5) is 27.0. The van der Waals surface area contributed by atoms with Crippen LogP contribution in [-0.4, -0.2) is 62.2 Å². The highest BCUT2D eigenvalue weighted by molar-refractivity contribution is 7.89. The van der Waals surface area contributed by atoms with E-state index in [9.17, 15) is 23.1 Å². The van der Waals surface area contributed by atoms with Crippen molar-refractivity contribution < 1.29 is 27.9 Å². The number of sulfonamides is 1. The molecule has 0 aliphatic rings. The lowest BCUT2D eigenvalue weighted by molar-refractivity contribution is -0.118. The van der Waals surface area contributed by atoms with Gasteiger partial charge in [-0.1, -0.05) is 92.7 Å². The third-order valence-electron chi connectivity index (χ3n) is 8.70. The monoisotopic (exact) mass is 700 g/mol. The largest absolute Gasteiger partial charge is 0.453 e. The van der Waals surface area contributed by atoms with E-state index in [0.29, 0.717) is 30.6 Å². The number of rotatable bonds is 17. The number of benzene rings is 4. The molecular weight excluding hydrogens is 653 g/mol. The first kappa shape index (κ1) is 38.1. The van der Waals surface area contributed by atoms with E-state index in [2.05, 4.69) is 10.6 Å². The van der Waals surface area contributed by atoms with Gasteiger partial charge in [0.25, 0.3) is 0 Å². The standard InChI is InChI=1S/C39H48N4O6S/c1-28(2)24-26-43(50(47,48)34-22-19-32(40)20-23-34)33(25-27-44)21-18-29-12-10-11-17-35(29)41-38(45)37(42-39(46)49-3)36(30-13-6-4-7-14-30)31-15-8-5-9-16-31/h4-17,19-20,22-23,28,33,36-37,44H,18,21,24-27,40H2,1-3H3,(H,41,45)(H,42,46). The molecule has 4 rings (SSSR count). The summed E-state index contributed by atoms with van der Waals surface area (Å²) in [6.07, 6.45) is 0.932. The van der Waals surface area contributed by atoms with Crippen LogP contribution in [-0.2, 0) is 26.0 Å². The van der Waals surface area contributed by atoms with Crippen molar-refractivity contribution in [2.75, 3.05) is 31.3 Å². The smallest absolute Gasteiger partial charge is 0.407 e. The van der Waals surface area contributed by atoms with Crippen LogP contribution in [0.3, 0.4) is 0 Å². The van der Waals surface area contributed by atoms with Crippen LogP contribution in [0.15, 0.2) is 114 Å². The fourth-order valence-electron chi connectivity index (χ4n) is 6.02. The van der Waals surface area contributed by atoms with Crippen molar-refractivity contribution >= 4 is 33.4 Å². The molecule has 11 heteroatoms. The Morgan fingerprint density at radius 3 is 1.96 bits per heavy atom.